The van der Waals surface area contributed by atoms with Gasteiger partial charge in [0.2, 0.25) is 6.43 Å². The molecule has 44 valence electrons. The van der Waals surface area contributed by atoms with Gasteiger partial charge in [-0.05, 0) is 6.04 Å². The maximum atomic E-state index is 11.3. The summed E-state index contributed by atoms with van der Waals surface area (Å²) in [4.78, 5) is 0. The standard InChI is InChI=1S/C4H10F2Si/c1-2-7-3-4(5)6/h4H,2-3,7H2,1H3. The molecular formula is C4H10F2Si. The van der Waals surface area contributed by atoms with E-state index >= 15 is 0 Å². The van der Waals surface area contributed by atoms with E-state index in [2.05, 4.69) is 0 Å². The molecule has 0 heterocycles. The van der Waals surface area contributed by atoms with Gasteiger partial charge >= 0.3 is 0 Å². The maximum Gasteiger partial charge on any atom is 0.235 e. The molecule has 0 amide bonds. The molecule has 0 atom stereocenters. The van der Waals surface area contributed by atoms with Crippen LogP contribution in [0.4, 0.5) is 8.78 Å². The van der Waals surface area contributed by atoms with E-state index < -0.39 is 6.43 Å². The fourth-order valence-electron chi connectivity index (χ4n) is 0.358. The van der Waals surface area contributed by atoms with E-state index in [4.69, 9.17) is 0 Å². The van der Waals surface area contributed by atoms with Crippen LogP contribution in [0.3, 0.4) is 0 Å². The van der Waals surface area contributed by atoms with Crippen LogP contribution in [0.1, 0.15) is 6.92 Å². The molecule has 0 rings (SSSR count). The molecule has 0 aromatic carbocycles. The fourth-order valence-corrected chi connectivity index (χ4v) is 1.08. The zero-order chi connectivity index (χ0) is 5.70. The zero-order valence-electron chi connectivity index (χ0n) is 4.45. The van der Waals surface area contributed by atoms with Gasteiger partial charge in [0.25, 0.3) is 0 Å². The third-order valence-electron chi connectivity index (χ3n) is 0.776. The molecule has 0 unspecified atom stereocenters. The molecule has 0 radical (unpaired) electrons. The van der Waals surface area contributed by atoms with E-state index in [1.807, 2.05) is 6.92 Å². The minimum absolute atomic E-state index is 0.205. The van der Waals surface area contributed by atoms with Crippen molar-refractivity contribution in [3.8, 4) is 0 Å². The van der Waals surface area contributed by atoms with Crippen LogP contribution in [-0.2, 0) is 0 Å². The largest absolute Gasteiger partial charge is 0.235 e. The Balaban J connectivity index is 2.68. The Morgan fingerprint density at radius 1 is 1.57 bits per heavy atom. The first kappa shape index (κ1) is 7.08. The van der Waals surface area contributed by atoms with E-state index in [0.29, 0.717) is 0 Å². The average molecular weight is 124 g/mol. The molecular weight excluding hydrogens is 114 g/mol. The number of hydrogen-bond donors (Lipinski definition) is 0. The Hall–Kier alpha value is 0.0769. The lowest BCUT2D eigenvalue weighted by atomic mass is 10.8. The second-order valence-electron chi connectivity index (χ2n) is 1.53. The second kappa shape index (κ2) is 4.24. The van der Waals surface area contributed by atoms with Crippen LogP contribution in [0.5, 0.6) is 0 Å². The summed E-state index contributed by atoms with van der Waals surface area (Å²) in [5, 5.41) is 0. The molecule has 3 heteroatoms. The zero-order valence-corrected chi connectivity index (χ0v) is 5.87. The molecule has 0 nitrogen and oxygen atoms in total. The Bertz CT molecular complexity index is 38.7. The molecule has 0 aromatic heterocycles. The van der Waals surface area contributed by atoms with Gasteiger partial charge < -0.3 is 0 Å². The summed E-state index contributed by atoms with van der Waals surface area (Å²) in [6.07, 6.45) is -2.04. The van der Waals surface area contributed by atoms with Gasteiger partial charge in [-0.3, -0.25) is 0 Å². The highest BCUT2D eigenvalue weighted by atomic mass is 28.2. The molecule has 0 aromatic rings. The van der Waals surface area contributed by atoms with E-state index in [9.17, 15) is 8.78 Å². The van der Waals surface area contributed by atoms with Crippen LogP contribution >= 0.6 is 0 Å². The average Bonchev–Trinajstić information content (AvgIpc) is 1.61. The van der Waals surface area contributed by atoms with Crippen molar-refractivity contribution < 1.29 is 8.78 Å². The van der Waals surface area contributed by atoms with Crippen molar-refractivity contribution in [2.45, 2.75) is 25.4 Å². The highest BCUT2D eigenvalue weighted by Gasteiger charge is 1.98. The molecule has 0 aliphatic rings. The van der Waals surface area contributed by atoms with Gasteiger partial charge in [-0.1, -0.05) is 13.0 Å². The van der Waals surface area contributed by atoms with Crippen molar-refractivity contribution in [2.75, 3.05) is 0 Å². The first-order chi connectivity index (χ1) is 3.27. The first-order valence-corrected chi connectivity index (χ1v) is 4.55. The van der Waals surface area contributed by atoms with Crippen molar-refractivity contribution in [1.29, 1.82) is 0 Å². The fraction of sp³-hybridized carbons (Fsp3) is 1.00. The second-order valence-corrected chi connectivity index (χ2v) is 3.82. The van der Waals surface area contributed by atoms with Gasteiger partial charge in [0.05, 0.1) is 0 Å². The highest BCUT2D eigenvalue weighted by Crippen LogP contribution is 1.98. The summed E-state index contributed by atoms with van der Waals surface area (Å²) >= 11 is 0. The first-order valence-electron chi connectivity index (χ1n) is 2.55. The lowest BCUT2D eigenvalue weighted by molar-refractivity contribution is 0.171. The lowest BCUT2D eigenvalue weighted by Gasteiger charge is -1.90. The van der Waals surface area contributed by atoms with Crippen molar-refractivity contribution in [3.05, 3.63) is 0 Å². The maximum absolute atomic E-state index is 11.3. The third kappa shape index (κ3) is 6.08. The van der Waals surface area contributed by atoms with Crippen LogP contribution in [0.15, 0.2) is 0 Å². The monoisotopic (exact) mass is 124 g/mol. The number of halogens is 2. The Labute approximate surface area is 44.7 Å². The summed E-state index contributed by atoms with van der Waals surface area (Å²) in [6.45, 7) is 1.97. The minimum atomic E-state index is -2.04. The van der Waals surface area contributed by atoms with E-state index in [-0.39, 0.29) is 15.6 Å². The minimum Gasteiger partial charge on any atom is -0.211 e. The van der Waals surface area contributed by atoms with Crippen molar-refractivity contribution in [1.82, 2.24) is 0 Å². The highest BCUT2D eigenvalue weighted by molar-refractivity contribution is 6.35. The Morgan fingerprint density at radius 2 is 2.14 bits per heavy atom. The van der Waals surface area contributed by atoms with Crippen molar-refractivity contribution in [3.63, 3.8) is 0 Å². The number of alkyl halides is 2. The number of hydrogen-bond acceptors (Lipinski definition) is 0. The van der Waals surface area contributed by atoms with Crippen LogP contribution in [0, 0.1) is 0 Å². The van der Waals surface area contributed by atoms with Gasteiger partial charge in [0.15, 0.2) is 0 Å². The molecule has 0 aliphatic heterocycles. The molecule has 7 heavy (non-hydrogen) atoms. The van der Waals surface area contributed by atoms with Gasteiger partial charge in [0, 0.05) is 9.52 Å². The quantitative estimate of drug-likeness (QED) is 0.497. The smallest absolute Gasteiger partial charge is 0.211 e. The predicted octanol–water partition coefficient (Wildman–Crippen LogP) is 1.28. The normalized spacial score (nSPS) is 12.0. The third-order valence-corrected chi connectivity index (χ3v) is 2.33. The topological polar surface area (TPSA) is 0 Å². The SMILES string of the molecule is CC[SiH2]CC(F)F. The molecule has 0 saturated heterocycles. The van der Waals surface area contributed by atoms with Crippen molar-refractivity contribution >= 4 is 9.52 Å². The molecule has 0 saturated carbocycles. The van der Waals surface area contributed by atoms with E-state index in [0.717, 1.165) is 6.04 Å². The van der Waals surface area contributed by atoms with Gasteiger partial charge in [-0.15, -0.1) is 0 Å². The van der Waals surface area contributed by atoms with E-state index in [1.54, 1.807) is 0 Å². The molecule has 0 fully saturated rings. The Morgan fingerprint density at radius 3 is 2.29 bits per heavy atom. The van der Waals surface area contributed by atoms with Gasteiger partial charge in [-0.25, -0.2) is 8.78 Å². The lowest BCUT2D eigenvalue weighted by Crippen LogP contribution is -1.94. The summed E-state index contributed by atoms with van der Waals surface area (Å²) in [5.74, 6) is 0. The molecule has 0 N–H and O–H groups in total. The Kier molecular flexibility index (Phi) is 4.29. The summed E-state index contributed by atoms with van der Waals surface area (Å²) in [7, 11) is -0.376. The summed E-state index contributed by atoms with van der Waals surface area (Å²) in [6, 6.07) is 1.21. The van der Waals surface area contributed by atoms with Crippen molar-refractivity contribution in [2.24, 2.45) is 0 Å². The van der Waals surface area contributed by atoms with Gasteiger partial charge in [-0.2, -0.15) is 0 Å². The van der Waals surface area contributed by atoms with Crippen LogP contribution in [0.2, 0.25) is 12.1 Å². The van der Waals surface area contributed by atoms with Crippen LogP contribution < -0.4 is 0 Å². The summed E-state index contributed by atoms with van der Waals surface area (Å²) in [5.41, 5.74) is 0. The van der Waals surface area contributed by atoms with Crippen LogP contribution in [0.25, 0.3) is 0 Å². The molecule has 0 bridgehead atoms. The van der Waals surface area contributed by atoms with Crippen LogP contribution in [-0.4, -0.2) is 15.9 Å². The predicted molar refractivity (Wildman–Crippen MR) is 29.8 cm³/mol. The molecule has 0 aliphatic carbocycles. The molecule has 0 spiro atoms. The summed E-state index contributed by atoms with van der Waals surface area (Å²) < 4.78 is 22.5. The number of rotatable bonds is 3. The van der Waals surface area contributed by atoms with E-state index in [1.165, 1.54) is 0 Å². The van der Waals surface area contributed by atoms with Gasteiger partial charge in [0.1, 0.15) is 0 Å².